The van der Waals surface area contributed by atoms with Gasteiger partial charge in [-0.25, -0.2) is 0 Å². The van der Waals surface area contributed by atoms with Gasteiger partial charge in [0.05, 0.1) is 12.7 Å². The van der Waals surface area contributed by atoms with Crippen molar-refractivity contribution in [2.45, 2.75) is 31.5 Å². The Labute approximate surface area is 100 Å². The summed E-state index contributed by atoms with van der Waals surface area (Å²) in [7, 11) is 1.42. The Balaban J connectivity index is 4.25. The molecule has 0 aromatic carbocycles. The first kappa shape index (κ1) is 17.5. The molecule has 0 amide bonds. The molecule has 1 atom stereocenters. The lowest BCUT2D eigenvalue weighted by Gasteiger charge is -2.26. The minimum Gasteiger partial charge on any atom is -0.383 e. The van der Waals surface area contributed by atoms with E-state index in [0.717, 1.165) is 6.92 Å². The quantitative estimate of drug-likeness (QED) is 0.573. The number of alkyl halides is 6. The first-order valence-corrected chi connectivity index (χ1v) is 5.07. The predicted molar refractivity (Wildman–Crippen MR) is 51.2 cm³/mol. The van der Waals surface area contributed by atoms with Crippen LogP contribution in [0.5, 0.6) is 0 Å². The molecule has 0 aliphatic carbocycles. The number of methoxy groups -OCH3 is 1. The highest BCUT2D eigenvalue weighted by Gasteiger charge is 2.58. The predicted octanol–water partition coefficient (Wildman–Crippen LogP) is 2.12. The van der Waals surface area contributed by atoms with E-state index in [0.29, 0.717) is 13.2 Å². The van der Waals surface area contributed by atoms with E-state index in [1.54, 1.807) is 0 Å². The maximum absolute atomic E-state index is 12.1. The third kappa shape index (κ3) is 7.02. The van der Waals surface area contributed by atoms with Gasteiger partial charge in [-0.15, -0.1) is 0 Å². The van der Waals surface area contributed by atoms with Crippen LogP contribution in [0.2, 0.25) is 0 Å². The zero-order chi connectivity index (χ0) is 14.4. The molecule has 0 rings (SSSR count). The minimum absolute atomic E-state index is 0.133. The molecule has 0 aliphatic heterocycles. The molecule has 110 valence electrons. The fourth-order valence-corrected chi connectivity index (χ4v) is 1.10. The Kier molecular flexibility index (Phi) is 6.93. The summed E-state index contributed by atoms with van der Waals surface area (Å²) < 4.78 is 81.5. The molecule has 0 aromatic rings. The number of halogens is 6. The van der Waals surface area contributed by atoms with Gasteiger partial charge in [0.25, 0.3) is 0 Å². The highest BCUT2D eigenvalue weighted by molar-refractivity contribution is 4.77. The summed E-state index contributed by atoms with van der Waals surface area (Å²) in [6, 6.07) is 0. The second kappa shape index (κ2) is 7.15. The molecule has 0 aliphatic rings. The first-order valence-electron chi connectivity index (χ1n) is 5.07. The van der Waals surface area contributed by atoms with Crippen molar-refractivity contribution in [3.63, 3.8) is 0 Å². The van der Waals surface area contributed by atoms with Crippen LogP contribution in [-0.2, 0) is 9.47 Å². The van der Waals surface area contributed by atoms with E-state index < -0.39 is 24.6 Å². The van der Waals surface area contributed by atoms with Gasteiger partial charge in [0.15, 0.2) is 0 Å². The molecule has 0 spiro atoms. The summed E-state index contributed by atoms with van der Waals surface area (Å²) in [5.74, 6) is 0. The van der Waals surface area contributed by atoms with E-state index >= 15 is 0 Å². The molecule has 0 saturated heterocycles. The largest absolute Gasteiger partial charge is 0.423 e. The molecule has 3 nitrogen and oxygen atoms in total. The SMILES string of the molecule is COCCNCC(C)OC(C(F)(F)F)C(F)(F)F. The summed E-state index contributed by atoms with van der Waals surface area (Å²) in [5.41, 5.74) is 0. The highest BCUT2D eigenvalue weighted by Crippen LogP contribution is 2.36. The van der Waals surface area contributed by atoms with Gasteiger partial charge in [-0.1, -0.05) is 0 Å². The van der Waals surface area contributed by atoms with Crippen LogP contribution in [0.25, 0.3) is 0 Å². The molecule has 0 fully saturated rings. The van der Waals surface area contributed by atoms with E-state index in [9.17, 15) is 26.3 Å². The van der Waals surface area contributed by atoms with Crippen LogP contribution < -0.4 is 5.32 Å². The molecular formula is C9H15F6NO2. The highest BCUT2D eigenvalue weighted by atomic mass is 19.4. The zero-order valence-corrected chi connectivity index (χ0v) is 9.86. The third-order valence-corrected chi connectivity index (χ3v) is 1.88. The molecular weight excluding hydrogens is 268 g/mol. The number of rotatable bonds is 7. The van der Waals surface area contributed by atoms with Gasteiger partial charge in [-0.2, -0.15) is 26.3 Å². The molecule has 1 N–H and O–H groups in total. The normalized spacial score (nSPS) is 15.2. The van der Waals surface area contributed by atoms with Crippen molar-refractivity contribution in [3.05, 3.63) is 0 Å². The van der Waals surface area contributed by atoms with Gasteiger partial charge in [0.1, 0.15) is 0 Å². The lowest BCUT2D eigenvalue weighted by Crippen LogP contribution is -2.47. The number of hydrogen-bond donors (Lipinski definition) is 1. The van der Waals surface area contributed by atoms with Crippen LogP contribution in [0, 0.1) is 0 Å². The number of nitrogens with one attached hydrogen (secondary N) is 1. The molecule has 0 radical (unpaired) electrons. The van der Waals surface area contributed by atoms with Crippen LogP contribution >= 0.6 is 0 Å². The van der Waals surface area contributed by atoms with Gasteiger partial charge >= 0.3 is 12.4 Å². The molecule has 1 unspecified atom stereocenters. The Morgan fingerprint density at radius 1 is 1.06 bits per heavy atom. The van der Waals surface area contributed by atoms with Crippen molar-refractivity contribution in [1.29, 1.82) is 0 Å². The minimum atomic E-state index is -5.47. The topological polar surface area (TPSA) is 30.5 Å². The average Bonchev–Trinajstić information content (AvgIpc) is 2.18. The van der Waals surface area contributed by atoms with Gasteiger partial charge in [0, 0.05) is 20.2 Å². The molecule has 0 heterocycles. The van der Waals surface area contributed by atoms with Crippen molar-refractivity contribution in [3.8, 4) is 0 Å². The van der Waals surface area contributed by atoms with Gasteiger partial charge in [-0.05, 0) is 6.92 Å². The van der Waals surface area contributed by atoms with Crippen molar-refractivity contribution >= 4 is 0 Å². The van der Waals surface area contributed by atoms with Crippen LogP contribution in [0.1, 0.15) is 6.92 Å². The monoisotopic (exact) mass is 283 g/mol. The summed E-state index contributed by atoms with van der Waals surface area (Å²) in [4.78, 5) is 0. The van der Waals surface area contributed by atoms with E-state index in [1.165, 1.54) is 7.11 Å². The van der Waals surface area contributed by atoms with Crippen molar-refractivity contribution in [2.24, 2.45) is 0 Å². The number of ether oxygens (including phenoxy) is 2. The first-order chi connectivity index (χ1) is 8.09. The third-order valence-electron chi connectivity index (χ3n) is 1.88. The van der Waals surface area contributed by atoms with Crippen LogP contribution in [-0.4, -0.2) is 51.4 Å². The fourth-order valence-electron chi connectivity index (χ4n) is 1.10. The van der Waals surface area contributed by atoms with E-state index in [2.05, 4.69) is 14.8 Å². The second-order valence-electron chi connectivity index (χ2n) is 3.61. The average molecular weight is 283 g/mol. The Morgan fingerprint density at radius 3 is 1.94 bits per heavy atom. The Bertz CT molecular complexity index is 216. The maximum Gasteiger partial charge on any atom is 0.423 e. The molecule has 18 heavy (non-hydrogen) atoms. The maximum atomic E-state index is 12.1. The smallest absolute Gasteiger partial charge is 0.383 e. The van der Waals surface area contributed by atoms with Crippen LogP contribution in [0.3, 0.4) is 0 Å². The standard InChI is InChI=1S/C9H15F6NO2/c1-6(5-16-3-4-17-2)18-7(8(10,11)12)9(13,14)15/h6-7,16H,3-5H2,1-2H3. The van der Waals surface area contributed by atoms with Crippen molar-refractivity contribution in [2.75, 3.05) is 26.8 Å². The van der Waals surface area contributed by atoms with Gasteiger partial charge < -0.3 is 14.8 Å². The lowest BCUT2D eigenvalue weighted by atomic mass is 10.3. The molecule has 9 heteroatoms. The second-order valence-corrected chi connectivity index (χ2v) is 3.61. The summed E-state index contributed by atoms with van der Waals surface area (Å²) in [6.45, 7) is 1.61. The van der Waals surface area contributed by atoms with Crippen LogP contribution in [0.15, 0.2) is 0 Å². The summed E-state index contributed by atoms with van der Waals surface area (Å²) in [5, 5.41) is 2.61. The Hall–Kier alpha value is -0.540. The zero-order valence-electron chi connectivity index (χ0n) is 9.86. The van der Waals surface area contributed by atoms with Crippen LogP contribution in [0.4, 0.5) is 26.3 Å². The fraction of sp³-hybridized carbons (Fsp3) is 1.00. The van der Waals surface area contributed by atoms with E-state index in [4.69, 9.17) is 0 Å². The van der Waals surface area contributed by atoms with Crippen molar-refractivity contribution < 1.29 is 35.8 Å². The number of hydrogen-bond acceptors (Lipinski definition) is 3. The van der Waals surface area contributed by atoms with E-state index in [1.807, 2.05) is 0 Å². The van der Waals surface area contributed by atoms with Crippen molar-refractivity contribution in [1.82, 2.24) is 5.32 Å². The summed E-state index contributed by atoms with van der Waals surface area (Å²) in [6.07, 6.45) is -15.9. The van der Waals surface area contributed by atoms with E-state index in [-0.39, 0.29) is 6.54 Å². The van der Waals surface area contributed by atoms with Gasteiger partial charge in [-0.3, -0.25) is 0 Å². The molecule has 0 aromatic heterocycles. The summed E-state index contributed by atoms with van der Waals surface area (Å²) >= 11 is 0. The van der Waals surface area contributed by atoms with Gasteiger partial charge in [0.2, 0.25) is 6.10 Å². The Morgan fingerprint density at radius 2 is 1.56 bits per heavy atom. The lowest BCUT2D eigenvalue weighted by molar-refractivity contribution is -0.329. The molecule has 0 saturated carbocycles. The molecule has 0 bridgehead atoms.